The largest absolute Gasteiger partial charge is 0.494 e. The summed E-state index contributed by atoms with van der Waals surface area (Å²) in [6, 6.07) is 13.5. The predicted octanol–water partition coefficient (Wildman–Crippen LogP) is 3.18. The second kappa shape index (κ2) is 8.62. The van der Waals surface area contributed by atoms with Gasteiger partial charge in [-0.25, -0.2) is 0 Å². The van der Waals surface area contributed by atoms with Crippen LogP contribution in [0.4, 0.5) is 0 Å². The first-order valence-electron chi connectivity index (χ1n) is 8.92. The third-order valence-electron chi connectivity index (χ3n) is 4.64. The molecule has 0 bridgehead atoms. The zero-order valence-electron chi connectivity index (χ0n) is 14.4. The van der Waals surface area contributed by atoms with Crippen LogP contribution in [0.2, 0.25) is 0 Å². The summed E-state index contributed by atoms with van der Waals surface area (Å²) in [7, 11) is 0. The summed E-state index contributed by atoms with van der Waals surface area (Å²) in [5, 5.41) is 0. The lowest BCUT2D eigenvalue weighted by molar-refractivity contribution is 0.1000. The number of nitrogens with zero attached hydrogens (tertiary/aromatic N) is 2. The summed E-state index contributed by atoms with van der Waals surface area (Å²) in [5.41, 5.74) is 6.91. The molecule has 1 aliphatic rings. The van der Waals surface area contributed by atoms with Crippen LogP contribution in [0.15, 0.2) is 48.7 Å². The van der Waals surface area contributed by atoms with E-state index in [4.69, 9.17) is 10.5 Å². The Bertz CT molecular complexity index is 673. The molecule has 1 aliphatic heterocycles. The van der Waals surface area contributed by atoms with Crippen LogP contribution in [0, 0.1) is 0 Å². The monoisotopic (exact) mass is 339 g/mol. The number of hydrogen-bond acceptors (Lipinski definition) is 4. The number of hydrogen-bond donors (Lipinski definition) is 1. The Labute approximate surface area is 148 Å². The third kappa shape index (κ3) is 4.79. The summed E-state index contributed by atoms with van der Waals surface area (Å²) >= 11 is 0. The molecule has 0 saturated carbocycles. The van der Waals surface area contributed by atoms with Gasteiger partial charge in [-0.1, -0.05) is 12.5 Å². The quantitative estimate of drug-likeness (QED) is 0.787. The van der Waals surface area contributed by atoms with Crippen LogP contribution in [0.1, 0.15) is 47.8 Å². The van der Waals surface area contributed by atoms with Crippen molar-refractivity contribution in [3.63, 3.8) is 0 Å². The van der Waals surface area contributed by atoms with Gasteiger partial charge in [0.15, 0.2) is 0 Å². The minimum Gasteiger partial charge on any atom is -0.494 e. The number of benzene rings is 1. The fraction of sp³-hybridized carbons (Fsp3) is 0.400. The molecule has 1 fully saturated rings. The Morgan fingerprint density at radius 1 is 1.20 bits per heavy atom. The Balaban J connectivity index is 1.48. The number of nitrogens with two attached hydrogens (primary N) is 1. The molecule has 1 saturated heterocycles. The standard InChI is InChI=1S/C20H25N3O2/c21-20(24)16-8-10-17(11-9-16)25-15-5-14-23-13-4-2-7-19(23)18-6-1-3-12-22-18/h1,3,6,8-12,19H,2,4-5,7,13-15H2,(H2,21,24)/t19-/m0/s1. The van der Waals surface area contributed by atoms with Gasteiger partial charge in [-0.15, -0.1) is 0 Å². The normalized spacial score (nSPS) is 18.0. The lowest BCUT2D eigenvalue weighted by atomic mass is 9.98. The summed E-state index contributed by atoms with van der Waals surface area (Å²) in [4.78, 5) is 18.1. The highest BCUT2D eigenvalue weighted by molar-refractivity contribution is 5.92. The second-order valence-corrected chi connectivity index (χ2v) is 6.39. The van der Waals surface area contributed by atoms with E-state index >= 15 is 0 Å². The summed E-state index contributed by atoms with van der Waals surface area (Å²) in [6.07, 6.45) is 6.52. The fourth-order valence-corrected chi connectivity index (χ4v) is 3.34. The maximum atomic E-state index is 11.1. The number of primary amides is 1. The minimum atomic E-state index is -0.419. The van der Waals surface area contributed by atoms with E-state index in [-0.39, 0.29) is 0 Å². The molecule has 5 nitrogen and oxygen atoms in total. The number of likely N-dealkylation sites (tertiary alicyclic amines) is 1. The first kappa shape index (κ1) is 17.4. The van der Waals surface area contributed by atoms with Crippen LogP contribution in [0.3, 0.4) is 0 Å². The topological polar surface area (TPSA) is 68.5 Å². The summed E-state index contributed by atoms with van der Waals surface area (Å²) < 4.78 is 5.78. The number of carbonyl (C=O) groups excluding carboxylic acids is 1. The van der Waals surface area contributed by atoms with Crippen molar-refractivity contribution in [2.45, 2.75) is 31.7 Å². The average Bonchev–Trinajstić information content (AvgIpc) is 2.66. The van der Waals surface area contributed by atoms with Crippen LogP contribution in [-0.2, 0) is 0 Å². The van der Waals surface area contributed by atoms with E-state index in [0.29, 0.717) is 18.2 Å². The Morgan fingerprint density at radius 3 is 2.76 bits per heavy atom. The molecule has 3 rings (SSSR count). The molecule has 2 aromatic rings. The first-order valence-corrected chi connectivity index (χ1v) is 8.92. The van der Waals surface area contributed by atoms with E-state index in [1.54, 1.807) is 24.3 Å². The van der Waals surface area contributed by atoms with E-state index in [2.05, 4.69) is 22.0 Å². The van der Waals surface area contributed by atoms with Crippen molar-refractivity contribution in [1.82, 2.24) is 9.88 Å². The van der Waals surface area contributed by atoms with Gasteiger partial charge in [0, 0.05) is 18.3 Å². The Morgan fingerprint density at radius 2 is 2.04 bits per heavy atom. The van der Waals surface area contributed by atoms with Crippen LogP contribution in [0.25, 0.3) is 0 Å². The van der Waals surface area contributed by atoms with Gasteiger partial charge < -0.3 is 10.5 Å². The molecule has 0 unspecified atom stereocenters. The minimum absolute atomic E-state index is 0.419. The number of amides is 1. The third-order valence-corrected chi connectivity index (χ3v) is 4.64. The maximum Gasteiger partial charge on any atom is 0.248 e. The second-order valence-electron chi connectivity index (χ2n) is 6.39. The molecule has 0 aliphatic carbocycles. The van der Waals surface area contributed by atoms with Crippen LogP contribution in [0.5, 0.6) is 5.75 Å². The molecular weight excluding hydrogens is 314 g/mol. The highest BCUT2D eigenvalue weighted by Gasteiger charge is 2.24. The molecule has 0 spiro atoms. The molecule has 2 N–H and O–H groups in total. The number of rotatable bonds is 7. The van der Waals surface area contributed by atoms with Gasteiger partial charge in [0.25, 0.3) is 0 Å². The SMILES string of the molecule is NC(=O)c1ccc(OCCCN2CCCC[C@H]2c2ccccn2)cc1. The number of ether oxygens (including phenoxy) is 1. The molecule has 5 heteroatoms. The molecular formula is C20H25N3O2. The Kier molecular flexibility index (Phi) is 6.01. The molecule has 1 aromatic carbocycles. The van der Waals surface area contributed by atoms with Gasteiger partial charge in [-0.05, 0) is 62.2 Å². The number of piperidine rings is 1. The number of carbonyl (C=O) groups is 1. The smallest absolute Gasteiger partial charge is 0.248 e. The first-order chi connectivity index (χ1) is 12.2. The highest BCUT2D eigenvalue weighted by Crippen LogP contribution is 2.29. The van der Waals surface area contributed by atoms with Crippen LogP contribution in [-0.4, -0.2) is 35.5 Å². The van der Waals surface area contributed by atoms with Crippen LogP contribution >= 0.6 is 0 Å². The molecule has 1 amide bonds. The van der Waals surface area contributed by atoms with Crippen molar-refractivity contribution in [2.75, 3.05) is 19.7 Å². The molecule has 0 radical (unpaired) electrons. The zero-order valence-corrected chi connectivity index (χ0v) is 14.4. The zero-order chi connectivity index (χ0) is 17.5. The van der Waals surface area contributed by atoms with Crippen molar-refractivity contribution in [2.24, 2.45) is 5.73 Å². The van der Waals surface area contributed by atoms with Crippen molar-refractivity contribution >= 4 is 5.91 Å². The van der Waals surface area contributed by atoms with Crippen molar-refractivity contribution in [1.29, 1.82) is 0 Å². The number of pyridine rings is 1. The lowest BCUT2D eigenvalue weighted by Crippen LogP contribution is -2.35. The highest BCUT2D eigenvalue weighted by atomic mass is 16.5. The van der Waals surface area contributed by atoms with Crippen molar-refractivity contribution in [3.8, 4) is 5.75 Å². The summed E-state index contributed by atoms with van der Waals surface area (Å²) in [6.45, 7) is 2.77. The predicted molar refractivity (Wildman–Crippen MR) is 97.5 cm³/mol. The van der Waals surface area contributed by atoms with Gasteiger partial charge in [0.1, 0.15) is 5.75 Å². The van der Waals surface area contributed by atoms with Gasteiger partial charge >= 0.3 is 0 Å². The summed E-state index contributed by atoms with van der Waals surface area (Å²) in [5.74, 6) is 0.349. The van der Waals surface area contributed by atoms with Crippen LogP contribution < -0.4 is 10.5 Å². The van der Waals surface area contributed by atoms with E-state index in [9.17, 15) is 4.79 Å². The average molecular weight is 339 g/mol. The van der Waals surface area contributed by atoms with Gasteiger partial charge in [0.05, 0.1) is 18.3 Å². The van der Waals surface area contributed by atoms with E-state index in [1.807, 2.05) is 12.3 Å². The Hall–Kier alpha value is -2.40. The van der Waals surface area contributed by atoms with Crippen molar-refractivity contribution in [3.05, 3.63) is 59.9 Å². The van der Waals surface area contributed by atoms with Gasteiger partial charge in [-0.2, -0.15) is 0 Å². The van der Waals surface area contributed by atoms with E-state index < -0.39 is 5.91 Å². The van der Waals surface area contributed by atoms with Crippen molar-refractivity contribution < 1.29 is 9.53 Å². The molecule has 1 atom stereocenters. The fourth-order valence-electron chi connectivity index (χ4n) is 3.34. The molecule has 25 heavy (non-hydrogen) atoms. The molecule has 1 aromatic heterocycles. The van der Waals surface area contributed by atoms with E-state index in [1.165, 1.54) is 25.0 Å². The maximum absolute atomic E-state index is 11.1. The molecule has 2 heterocycles. The van der Waals surface area contributed by atoms with Gasteiger partial charge in [-0.3, -0.25) is 14.7 Å². The molecule has 132 valence electrons. The van der Waals surface area contributed by atoms with Gasteiger partial charge in [0.2, 0.25) is 5.91 Å². The number of aromatic nitrogens is 1. The van der Waals surface area contributed by atoms with E-state index in [0.717, 1.165) is 25.3 Å². The lowest BCUT2D eigenvalue weighted by Gasteiger charge is -2.35.